The maximum absolute atomic E-state index is 6.22. The van der Waals surface area contributed by atoms with Gasteiger partial charge in [0.25, 0.3) is 0 Å². The summed E-state index contributed by atoms with van der Waals surface area (Å²) in [6, 6.07) is 33.0. The summed E-state index contributed by atoms with van der Waals surface area (Å²) in [5.41, 5.74) is 7.45. The predicted octanol–water partition coefficient (Wildman–Crippen LogP) is 8.18. The Morgan fingerprint density at radius 3 is 2.38 bits per heavy atom. The number of furan rings is 1. The average Bonchev–Trinajstić information content (AvgIpc) is 3.33. The zero-order chi connectivity index (χ0) is 24.3. The van der Waals surface area contributed by atoms with E-state index in [1.165, 1.54) is 34.7 Å². The number of pyridine rings is 2. The minimum atomic E-state index is 0. The van der Waals surface area contributed by atoms with Gasteiger partial charge in [-0.3, -0.25) is 0 Å². The summed E-state index contributed by atoms with van der Waals surface area (Å²) >= 11 is 0. The van der Waals surface area contributed by atoms with Crippen LogP contribution < -0.4 is 0 Å². The van der Waals surface area contributed by atoms with Crippen LogP contribution in [0.15, 0.2) is 95.7 Å². The normalized spacial score (nSPS) is 12.4. The molecule has 3 aromatic heterocycles. The van der Waals surface area contributed by atoms with Gasteiger partial charge in [0.2, 0.25) is 0 Å². The molecule has 0 amide bonds. The molecule has 1 radical (unpaired) electrons. The minimum absolute atomic E-state index is 0. The summed E-state index contributed by atoms with van der Waals surface area (Å²) in [4.78, 5) is 8.96. The zero-order valence-corrected chi connectivity index (χ0v) is 23.0. The van der Waals surface area contributed by atoms with E-state index in [1.54, 1.807) is 0 Å². The van der Waals surface area contributed by atoms with Crippen LogP contribution in [0.3, 0.4) is 0 Å². The summed E-state index contributed by atoms with van der Waals surface area (Å²) in [5.74, 6) is 1.16. The maximum atomic E-state index is 6.22. The number of hydrogen-bond donors (Lipinski definition) is 0. The second-order valence-corrected chi connectivity index (χ2v) is 9.22. The minimum Gasteiger partial charge on any atom is -0.505 e. The first-order chi connectivity index (χ1) is 17.8. The van der Waals surface area contributed by atoms with E-state index in [0.29, 0.717) is 0 Å². The molecule has 4 heteroatoms. The van der Waals surface area contributed by atoms with E-state index in [0.717, 1.165) is 52.1 Å². The van der Waals surface area contributed by atoms with Crippen molar-refractivity contribution in [2.24, 2.45) is 0 Å². The molecular weight excluding hydrogens is 633 g/mol. The molecule has 1 aliphatic rings. The van der Waals surface area contributed by atoms with Crippen LogP contribution in [0.25, 0.3) is 44.3 Å². The summed E-state index contributed by atoms with van der Waals surface area (Å²) < 4.78 is 6.22. The number of rotatable bonds is 2. The van der Waals surface area contributed by atoms with Gasteiger partial charge in [-0.1, -0.05) is 53.4 Å². The standard InChI is InChI=1S/C21H16NO.C12H10N.Ir/c1-2-7-15-13-22-19(12-14(15)6-1)18-10-5-9-17-16-8-3-4-11-20(16)23-21(17)18;1-10-7-8-12(13-9-10)11-5-3-2-4-6-11;/h1-2,5-7,9,12-13H,3-4,8,11H2;2-5,7-9H,1H3;/q2*-1;. The predicted molar refractivity (Wildman–Crippen MR) is 146 cm³/mol. The second-order valence-electron chi connectivity index (χ2n) is 9.22. The first-order valence-electron chi connectivity index (χ1n) is 12.5. The molecule has 185 valence electrons. The van der Waals surface area contributed by atoms with Crippen LogP contribution in [-0.4, -0.2) is 9.97 Å². The third kappa shape index (κ3) is 5.27. The Labute approximate surface area is 231 Å². The molecule has 0 aliphatic heterocycles. The van der Waals surface area contributed by atoms with Gasteiger partial charge in [-0.25, -0.2) is 0 Å². The van der Waals surface area contributed by atoms with Crippen molar-refractivity contribution in [3.63, 3.8) is 0 Å². The van der Waals surface area contributed by atoms with E-state index in [9.17, 15) is 0 Å². The molecular formula is C33H26IrN2O-2. The van der Waals surface area contributed by atoms with Gasteiger partial charge in [-0.05, 0) is 59.5 Å². The van der Waals surface area contributed by atoms with Crippen molar-refractivity contribution < 1.29 is 24.5 Å². The first kappa shape index (κ1) is 25.1. The van der Waals surface area contributed by atoms with E-state index < -0.39 is 0 Å². The monoisotopic (exact) mass is 659 g/mol. The number of aromatic nitrogens is 2. The molecule has 3 nitrogen and oxygen atoms in total. The number of aryl methyl sites for hydroxylation is 3. The van der Waals surface area contributed by atoms with Crippen molar-refractivity contribution in [1.82, 2.24) is 9.97 Å². The molecule has 7 rings (SSSR count). The summed E-state index contributed by atoms with van der Waals surface area (Å²) in [7, 11) is 0. The van der Waals surface area contributed by atoms with Crippen LogP contribution in [0.4, 0.5) is 0 Å². The van der Waals surface area contributed by atoms with E-state index >= 15 is 0 Å². The molecule has 0 atom stereocenters. The third-order valence-corrected chi connectivity index (χ3v) is 6.70. The van der Waals surface area contributed by atoms with Crippen LogP contribution in [-0.2, 0) is 32.9 Å². The van der Waals surface area contributed by atoms with E-state index in [4.69, 9.17) is 4.42 Å². The maximum Gasteiger partial charge on any atom is 0.0930 e. The fourth-order valence-electron chi connectivity index (χ4n) is 4.82. The summed E-state index contributed by atoms with van der Waals surface area (Å²) in [5, 5.41) is 3.59. The van der Waals surface area contributed by atoms with Gasteiger partial charge in [0, 0.05) is 38.9 Å². The molecule has 6 aromatic rings. The third-order valence-electron chi connectivity index (χ3n) is 6.70. The van der Waals surface area contributed by atoms with Crippen molar-refractivity contribution in [3.05, 3.63) is 120 Å². The van der Waals surface area contributed by atoms with Gasteiger partial charge in [-0.15, -0.1) is 54.1 Å². The Balaban J connectivity index is 0.000000172. The van der Waals surface area contributed by atoms with Crippen molar-refractivity contribution in [3.8, 4) is 22.5 Å². The van der Waals surface area contributed by atoms with E-state index in [2.05, 4.69) is 58.5 Å². The van der Waals surface area contributed by atoms with Crippen molar-refractivity contribution in [2.75, 3.05) is 0 Å². The number of fused-ring (bicyclic) bond motifs is 4. The number of nitrogens with zero attached hydrogens (tertiary/aromatic N) is 2. The molecule has 0 saturated carbocycles. The summed E-state index contributed by atoms with van der Waals surface area (Å²) in [6.45, 7) is 2.03. The zero-order valence-electron chi connectivity index (χ0n) is 20.6. The average molecular weight is 659 g/mol. The van der Waals surface area contributed by atoms with Crippen LogP contribution >= 0.6 is 0 Å². The van der Waals surface area contributed by atoms with Crippen molar-refractivity contribution in [1.29, 1.82) is 0 Å². The molecule has 0 fully saturated rings. The fourth-order valence-corrected chi connectivity index (χ4v) is 4.82. The molecule has 1 aliphatic carbocycles. The van der Waals surface area contributed by atoms with Crippen LogP contribution in [0.2, 0.25) is 0 Å². The Hall–Kier alpha value is -3.59. The Bertz CT molecular complexity index is 1640. The molecule has 0 unspecified atom stereocenters. The van der Waals surface area contributed by atoms with Gasteiger partial charge in [0.15, 0.2) is 0 Å². The Morgan fingerprint density at radius 2 is 1.57 bits per heavy atom. The van der Waals surface area contributed by atoms with Gasteiger partial charge in [0.1, 0.15) is 0 Å². The number of hydrogen-bond acceptors (Lipinski definition) is 3. The molecule has 3 aromatic carbocycles. The van der Waals surface area contributed by atoms with Gasteiger partial charge in [0.05, 0.1) is 11.3 Å². The Morgan fingerprint density at radius 1 is 0.757 bits per heavy atom. The number of benzene rings is 3. The molecule has 37 heavy (non-hydrogen) atoms. The second kappa shape index (κ2) is 11.2. The quantitative estimate of drug-likeness (QED) is 0.176. The largest absolute Gasteiger partial charge is 0.505 e. The van der Waals surface area contributed by atoms with Crippen molar-refractivity contribution in [2.45, 2.75) is 32.6 Å². The van der Waals surface area contributed by atoms with E-state index in [-0.39, 0.29) is 20.1 Å². The topological polar surface area (TPSA) is 38.9 Å². The fraction of sp³-hybridized carbons (Fsp3) is 0.152. The van der Waals surface area contributed by atoms with Crippen LogP contribution in [0, 0.1) is 19.1 Å². The molecule has 0 bridgehead atoms. The Kier molecular flexibility index (Phi) is 7.60. The van der Waals surface area contributed by atoms with E-state index in [1.807, 2.05) is 61.8 Å². The SMILES string of the molecule is Cc1ccc(-c2[c-]cccc2)nc1.[Ir].[c-]1ccc2c3c(oc2c1-c1cc2ccccc2cn1)CCCC3. The first-order valence-corrected chi connectivity index (χ1v) is 12.5. The van der Waals surface area contributed by atoms with Gasteiger partial charge < -0.3 is 14.4 Å². The molecule has 0 N–H and O–H groups in total. The summed E-state index contributed by atoms with van der Waals surface area (Å²) in [6.07, 6.45) is 8.45. The molecule has 0 spiro atoms. The molecule has 0 saturated heterocycles. The van der Waals surface area contributed by atoms with Crippen molar-refractivity contribution >= 4 is 21.7 Å². The smallest absolute Gasteiger partial charge is 0.0930 e. The van der Waals surface area contributed by atoms with Gasteiger partial charge in [-0.2, -0.15) is 0 Å². The molecule has 3 heterocycles. The van der Waals surface area contributed by atoms with Gasteiger partial charge >= 0.3 is 0 Å². The van der Waals surface area contributed by atoms with Crippen LogP contribution in [0.5, 0.6) is 0 Å². The van der Waals surface area contributed by atoms with Crippen LogP contribution in [0.1, 0.15) is 29.7 Å².